The van der Waals surface area contributed by atoms with Crippen molar-refractivity contribution >= 4 is 10.0 Å². The summed E-state index contributed by atoms with van der Waals surface area (Å²) in [7, 11) is -3.36. The van der Waals surface area contributed by atoms with E-state index in [9.17, 15) is 8.42 Å². The molecule has 76 valence electrons. The van der Waals surface area contributed by atoms with Crippen molar-refractivity contribution in [2.24, 2.45) is 10.6 Å². The second-order valence-corrected chi connectivity index (χ2v) is 6.34. The first-order chi connectivity index (χ1) is 5.83. The van der Waals surface area contributed by atoms with Crippen molar-refractivity contribution in [3.05, 3.63) is 0 Å². The van der Waals surface area contributed by atoms with Crippen LogP contribution in [0.25, 0.3) is 0 Å². The maximum atomic E-state index is 11.0. The minimum atomic E-state index is -3.36. The number of sulfonamides is 1. The number of nitrogens with two attached hydrogens (primary N) is 1. The van der Waals surface area contributed by atoms with Crippen LogP contribution in [-0.2, 0) is 14.8 Å². The lowest BCUT2D eigenvalue weighted by Gasteiger charge is -2.25. The molecule has 0 aromatic carbocycles. The van der Waals surface area contributed by atoms with E-state index < -0.39 is 10.0 Å². The molecule has 13 heavy (non-hydrogen) atoms. The highest BCUT2D eigenvalue weighted by atomic mass is 32.2. The first-order valence-corrected chi connectivity index (χ1v) is 6.19. The Labute approximate surface area is 78.5 Å². The van der Waals surface area contributed by atoms with Gasteiger partial charge in [0.05, 0.1) is 18.0 Å². The molecule has 5 heteroatoms. The molecule has 1 saturated heterocycles. The molecular formula is C8H15NO3S. The summed E-state index contributed by atoms with van der Waals surface area (Å²) >= 11 is 0. The van der Waals surface area contributed by atoms with Crippen LogP contribution < -0.4 is 5.14 Å². The van der Waals surface area contributed by atoms with Gasteiger partial charge < -0.3 is 4.74 Å². The third-order valence-electron chi connectivity index (χ3n) is 3.17. The molecule has 2 rings (SSSR count). The average Bonchev–Trinajstić information content (AvgIpc) is 2.37. The maximum absolute atomic E-state index is 11.0. The van der Waals surface area contributed by atoms with Crippen molar-refractivity contribution in [1.82, 2.24) is 0 Å². The molecule has 1 aliphatic heterocycles. The van der Waals surface area contributed by atoms with Gasteiger partial charge in [-0.25, -0.2) is 13.6 Å². The van der Waals surface area contributed by atoms with Crippen LogP contribution in [0.1, 0.15) is 26.2 Å². The molecule has 2 fully saturated rings. The van der Waals surface area contributed by atoms with Crippen LogP contribution in [0.5, 0.6) is 0 Å². The van der Waals surface area contributed by atoms with Crippen LogP contribution in [0.15, 0.2) is 0 Å². The molecule has 1 saturated carbocycles. The molecule has 0 aromatic rings. The predicted octanol–water partition coefficient (Wildman–Crippen LogP) is 0.234. The molecule has 0 radical (unpaired) electrons. The Bertz CT molecular complexity index is 314. The second kappa shape index (κ2) is 2.46. The zero-order valence-electron chi connectivity index (χ0n) is 7.75. The van der Waals surface area contributed by atoms with Gasteiger partial charge in [-0.3, -0.25) is 0 Å². The van der Waals surface area contributed by atoms with Crippen molar-refractivity contribution in [1.29, 1.82) is 0 Å². The van der Waals surface area contributed by atoms with E-state index in [0.29, 0.717) is 6.61 Å². The summed E-state index contributed by atoms with van der Waals surface area (Å²) in [5, 5.41) is 5.05. The normalized spacial score (nSPS) is 44.2. The highest BCUT2D eigenvalue weighted by molar-refractivity contribution is 7.89. The van der Waals surface area contributed by atoms with Crippen molar-refractivity contribution < 1.29 is 13.2 Å². The van der Waals surface area contributed by atoms with Crippen LogP contribution in [0.4, 0.5) is 0 Å². The number of hydrogen-bond donors (Lipinski definition) is 1. The van der Waals surface area contributed by atoms with E-state index in [1.807, 2.05) is 6.92 Å². The number of hydrogen-bond acceptors (Lipinski definition) is 3. The lowest BCUT2D eigenvalue weighted by atomic mass is 9.90. The van der Waals surface area contributed by atoms with Crippen LogP contribution in [0.3, 0.4) is 0 Å². The van der Waals surface area contributed by atoms with Crippen molar-refractivity contribution in [2.45, 2.75) is 31.8 Å². The van der Waals surface area contributed by atoms with Crippen molar-refractivity contribution in [2.75, 3.05) is 12.4 Å². The lowest BCUT2D eigenvalue weighted by Crippen LogP contribution is -2.33. The van der Waals surface area contributed by atoms with Gasteiger partial charge in [0, 0.05) is 5.41 Å². The van der Waals surface area contributed by atoms with E-state index in [-0.39, 0.29) is 16.8 Å². The Morgan fingerprint density at radius 2 is 2.15 bits per heavy atom. The fraction of sp³-hybridized carbons (Fsp3) is 1.00. The van der Waals surface area contributed by atoms with Crippen LogP contribution in [0, 0.1) is 5.41 Å². The Morgan fingerprint density at radius 1 is 1.46 bits per heavy atom. The summed E-state index contributed by atoms with van der Waals surface area (Å²) in [6.07, 6.45) is 2.74. The Balaban J connectivity index is 2.17. The van der Waals surface area contributed by atoms with Crippen LogP contribution in [-0.4, -0.2) is 26.4 Å². The minimum absolute atomic E-state index is 0.0787. The standard InChI is InChI=1S/C8H15NO3S/c1-7-2-3-8(4-7,5-12-7)6-13(9,10)11/h2-6H2,1H3,(H2,9,10,11). The quantitative estimate of drug-likeness (QED) is 0.701. The molecule has 1 heterocycles. The van der Waals surface area contributed by atoms with E-state index in [2.05, 4.69) is 0 Å². The highest BCUT2D eigenvalue weighted by Gasteiger charge is 2.54. The third kappa shape index (κ3) is 1.73. The Kier molecular flexibility index (Phi) is 1.78. The number of fused-ring (bicyclic) bond motifs is 2. The van der Waals surface area contributed by atoms with E-state index in [0.717, 1.165) is 19.3 Å². The molecule has 0 aromatic heterocycles. The van der Waals surface area contributed by atoms with Crippen LogP contribution >= 0.6 is 0 Å². The topological polar surface area (TPSA) is 69.4 Å². The van der Waals surface area contributed by atoms with Gasteiger partial charge in [-0.15, -0.1) is 0 Å². The summed E-state index contributed by atoms with van der Waals surface area (Å²) in [5.41, 5.74) is -0.257. The van der Waals surface area contributed by atoms with Gasteiger partial charge in [0.15, 0.2) is 0 Å². The van der Waals surface area contributed by atoms with Crippen molar-refractivity contribution in [3.8, 4) is 0 Å². The Morgan fingerprint density at radius 3 is 2.46 bits per heavy atom. The first-order valence-electron chi connectivity index (χ1n) is 4.47. The van der Waals surface area contributed by atoms with Crippen molar-refractivity contribution in [3.63, 3.8) is 0 Å². The monoisotopic (exact) mass is 205 g/mol. The fourth-order valence-corrected chi connectivity index (χ4v) is 3.85. The number of primary sulfonamides is 1. The van der Waals surface area contributed by atoms with Gasteiger partial charge in [0.25, 0.3) is 0 Å². The summed E-state index contributed by atoms with van der Waals surface area (Å²) in [4.78, 5) is 0. The molecule has 2 N–H and O–H groups in total. The second-order valence-electron chi connectivity index (χ2n) is 4.72. The van der Waals surface area contributed by atoms with E-state index >= 15 is 0 Å². The van der Waals surface area contributed by atoms with E-state index in [1.165, 1.54) is 0 Å². The average molecular weight is 205 g/mol. The lowest BCUT2D eigenvalue weighted by molar-refractivity contribution is -0.0124. The molecule has 0 spiro atoms. The van der Waals surface area contributed by atoms with Gasteiger partial charge in [-0.2, -0.15) is 0 Å². The maximum Gasteiger partial charge on any atom is 0.209 e. The summed E-state index contributed by atoms with van der Waals surface area (Å²) in [5.74, 6) is 0.0790. The largest absolute Gasteiger partial charge is 0.375 e. The summed E-state index contributed by atoms with van der Waals surface area (Å²) in [6.45, 7) is 2.60. The molecular weight excluding hydrogens is 190 g/mol. The van der Waals surface area contributed by atoms with Gasteiger partial charge >= 0.3 is 0 Å². The van der Waals surface area contributed by atoms with Gasteiger partial charge in [-0.05, 0) is 26.2 Å². The molecule has 2 bridgehead atoms. The van der Waals surface area contributed by atoms with Gasteiger partial charge in [-0.1, -0.05) is 0 Å². The highest BCUT2D eigenvalue weighted by Crippen LogP contribution is 2.52. The Hall–Kier alpha value is -0.130. The smallest absolute Gasteiger partial charge is 0.209 e. The number of rotatable bonds is 2. The summed E-state index contributed by atoms with van der Waals surface area (Å²) < 4.78 is 27.6. The minimum Gasteiger partial charge on any atom is -0.375 e. The number of ether oxygens (including phenoxy) is 1. The predicted molar refractivity (Wildman–Crippen MR) is 48.6 cm³/mol. The van der Waals surface area contributed by atoms with E-state index in [4.69, 9.17) is 9.88 Å². The first kappa shape index (κ1) is 9.43. The van der Waals surface area contributed by atoms with E-state index in [1.54, 1.807) is 0 Å². The molecule has 2 atom stereocenters. The van der Waals surface area contributed by atoms with Crippen LogP contribution in [0.2, 0.25) is 0 Å². The van der Waals surface area contributed by atoms with Gasteiger partial charge in [0.2, 0.25) is 10.0 Å². The fourth-order valence-electron chi connectivity index (χ4n) is 2.66. The summed E-state index contributed by atoms with van der Waals surface area (Å²) in [6, 6.07) is 0. The van der Waals surface area contributed by atoms with Gasteiger partial charge in [0.1, 0.15) is 0 Å². The zero-order valence-corrected chi connectivity index (χ0v) is 8.56. The molecule has 2 aliphatic rings. The molecule has 2 unspecified atom stereocenters. The molecule has 0 amide bonds. The molecule has 1 aliphatic carbocycles. The molecule has 4 nitrogen and oxygen atoms in total. The SMILES string of the molecule is CC12CCC(CS(N)(=O)=O)(CO1)C2. The third-order valence-corrected chi connectivity index (χ3v) is 4.18. The zero-order chi connectivity index (χ0) is 9.74.